The van der Waals surface area contributed by atoms with Gasteiger partial charge in [0.25, 0.3) is 0 Å². The number of aromatic amines is 1. The van der Waals surface area contributed by atoms with Crippen molar-refractivity contribution in [3.63, 3.8) is 0 Å². The molecule has 0 aliphatic carbocycles. The lowest BCUT2D eigenvalue weighted by Gasteiger charge is -2.39. The minimum absolute atomic E-state index is 0.106. The highest BCUT2D eigenvalue weighted by atomic mass is 19.4. The summed E-state index contributed by atoms with van der Waals surface area (Å²) in [4.78, 5) is 19.2. The maximum atomic E-state index is 14.1. The Balaban J connectivity index is 1.32. The first-order valence-corrected chi connectivity index (χ1v) is 15.2. The van der Waals surface area contributed by atoms with E-state index in [0.29, 0.717) is 36.2 Å². The second-order valence-electron chi connectivity index (χ2n) is 11.9. The van der Waals surface area contributed by atoms with Gasteiger partial charge in [0.05, 0.1) is 54.3 Å². The van der Waals surface area contributed by atoms with Gasteiger partial charge in [0, 0.05) is 37.1 Å². The average Bonchev–Trinajstić information content (AvgIpc) is 3.67. The molecule has 2 N–H and O–H groups in total. The number of benzene rings is 2. The predicted octanol–water partition coefficient (Wildman–Crippen LogP) is 6.46. The molecule has 1 saturated heterocycles. The third-order valence-electron chi connectivity index (χ3n) is 8.43. The van der Waals surface area contributed by atoms with Crippen LogP contribution in [0.1, 0.15) is 44.4 Å². The molecule has 0 saturated carbocycles. The van der Waals surface area contributed by atoms with Crippen molar-refractivity contribution in [2.45, 2.75) is 51.5 Å². The number of rotatable bonds is 10. The van der Waals surface area contributed by atoms with Crippen molar-refractivity contribution < 1.29 is 22.6 Å². The van der Waals surface area contributed by atoms with E-state index < -0.39 is 12.0 Å². The number of aromatic nitrogens is 5. The van der Waals surface area contributed by atoms with Gasteiger partial charge in [0.1, 0.15) is 11.6 Å². The number of nitrogens with one attached hydrogen (secondary N) is 2. The quantitative estimate of drug-likeness (QED) is 0.185. The number of pyridine rings is 1. The number of likely N-dealkylation sites (tertiary alicyclic amines) is 1. The minimum Gasteiger partial charge on any atom is -0.497 e. The summed E-state index contributed by atoms with van der Waals surface area (Å²) in [6, 6.07) is 14.8. The third kappa shape index (κ3) is 6.48. The molecule has 45 heavy (non-hydrogen) atoms. The molecule has 2 atom stereocenters. The highest BCUT2D eigenvalue weighted by molar-refractivity contribution is 5.85. The van der Waals surface area contributed by atoms with Crippen LogP contribution < -0.4 is 14.8 Å². The Morgan fingerprint density at radius 2 is 1.84 bits per heavy atom. The summed E-state index contributed by atoms with van der Waals surface area (Å²) >= 11 is 0. The van der Waals surface area contributed by atoms with Crippen molar-refractivity contribution in [1.29, 1.82) is 0 Å². The first kappa shape index (κ1) is 30.8. The minimum atomic E-state index is -4.59. The summed E-state index contributed by atoms with van der Waals surface area (Å²) in [5.74, 6) is 1.31. The first-order chi connectivity index (χ1) is 21.6. The zero-order valence-corrected chi connectivity index (χ0v) is 25.9. The normalized spacial score (nSPS) is 17.9. The number of fused-ring (bicyclic) bond motifs is 2. The van der Waals surface area contributed by atoms with Crippen molar-refractivity contribution in [2.75, 3.05) is 33.9 Å². The Morgan fingerprint density at radius 1 is 1.02 bits per heavy atom. The van der Waals surface area contributed by atoms with Gasteiger partial charge in [-0.3, -0.25) is 4.90 Å². The van der Waals surface area contributed by atoms with E-state index >= 15 is 0 Å². The summed E-state index contributed by atoms with van der Waals surface area (Å²) in [7, 11) is 3.09. The van der Waals surface area contributed by atoms with E-state index in [4.69, 9.17) is 14.5 Å². The second kappa shape index (κ2) is 12.7. The van der Waals surface area contributed by atoms with Crippen LogP contribution in [-0.2, 0) is 12.7 Å². The van der Waals surface area contributed by atoms with Crippen LogP contribution in [0.4, 0.5) is 13.2 Å². The average molecular weight is 622 g/mol. The van der Waals surface area contributed by atoms with E-state index in [1.807, 2.05) is 30.3 Å². The lowest BCUT2D eigenvalue weighted by atomic mass is 9.96. The summed E-state index contributed by atoms with van der Waals surface area (Å²) < 4.78 is 54.6. The second-order valence-corrected chi connectivity index (χ2v) is 11.9. The summed E-state index contributed by atoms with van der Waals surface area (Å²) in [5, 5.41) is 4.66. The van der Waals surface area contributed by atoms with E-state index in [0.717, 1.165) is 47.4 Å². The topological polar surface area (TPSA) is 93.1 Å². The fourth-order valence-corrected chi connectivity index (χ4v) is 6.14. The molecular weight excluding hydrogens is 583 g/mol. The van der Waals surface area contributed by atoms with Crippen LogP contribution in [0.15, 0.2) is 54.7 Å². The molecule has 0 amide bonds. The fraction of sp³-hybridized carbons (Fsp3) is 0.424. The largest absolute Gasteiger partial charge is 0.497 e. The molecule has 1 fully saturated rings. The smallest absolute Gasteiger partial charge is 0.449 e. The van der Waals surface area contributed by atoms with E-state index in [-0.39, 0.29) is 24.1 Å². The number of para-hydroxylation sites is 1. The van der Waals surface area contributed by atoms with Gasteiger partial charge in [-0.15, -0.1) is 0 Å². The molecule has 3 aromatic heterocycles. The lowest BCUT2D eigenvalue weighted by Crippen LogP contribution is -2.46. The molecule has 0 bridgehead atoms. The highest BCUT2D eigenvalue weighted by Crippen LogP contribution is 2.36. The lowest BCUT2D eigenvalue weighted by molar-refractivity contribution is -0.147. The zero-order chi connectivity index (χ0) is 31.7. The van der Waals surface area contributed by atoms with Gasteiger partial charge in [0.2, 0.25) is 11.7 Å². The predicted molar refractivity (Wildman–Crippen MR) is 167 cm³/mol. The van der Waals surface area contributed by atoms with Crippen LogP contribution in [0.25, 0.3) is 33.2 Å². The first-order valence-electron chi connectivity index (χ1n) is 15.2. The van der Waals surface area contributed by atoms with Gasteiger partial charge in [0.15, 0.2) is 0 Å². The van der Waals surface area contributed by atoms with Crippen LogP contribution in [-0.4, -0.2) is 69.3 Å². The van der Waals surface area contributed by atoms with Gasteiger partial charge in [-0.05, 0) is 49.6 Å². The number of piperidine rings is 1. The molecule has 2 aromatic carbocycles. The molecule has 0 radical (unpaired) electrons. The SMILES string of the molecule is COc1ccc2nc(C(F)(F)F)n(CCN3CC[C@H](NCC(C)C)C[C@H]3c3ncc(-c4cc5ccccc5nc4OC)[nH]3)c2c1. The number of alkyl halides is 3. The maximum absolute atomic E-state index is 14.1. The van der Waals surface area contributed by atoms with E-state index in [1.165, 1.54) is 11.7 Å². The number of H-pyrrole nitrogens is 1. The Kier molecular flexibility index (Phi) is 8.69. The van der Waals surface area contributed by atoms with Gasteiger partial charge >= 0.3 is 6.18 Å². The third-order valence-corrected chi connectivity index (χ3v) is 8.43. The Bertz CT molecular complexity index is 1780. The van der Waals surface area contributed by atoms with E-state index in [2.05, 4.69) is 39.0 Å². The molecule has 238 valence electrons. The molecule has 1 aliphatic heterocycles. The molecule has 4 heterocycles. The van der Waals surface area contributed by atoms with Crippen molar-refractivity contribution in [3.8, 4) is 22.9 Å². The summed E-state index contributed by atoms with van der Waals surface area (Å²) in [6.07, 6.45) is -1.17. The van der Waals surface area contributed by atoms with Crippen molar-refractivity contribution in [2.24, 2.45) is 5.92 Å². The number of halogens is 3. The van der Waals surface area contributed by atoms with Gasteiger partial charge in [-0.2, -0.15) is 13.2 Å². The standard InChI is InChI=1S/C33H38F3N7O2/c1-20(2)18-37-22-11-12-42(13-14-43-28-17-23(44-3)9-10-26(28)41-32(43)33(34,35)36)29(16-22)30-38-19-27(39-30)24-15-21-7-5-6-8-25(21)40-31(24)45-4/h5-10,15,17,19-20,22,29,37H,11-14,16,18H2,1-4H3,(H,38,39)/t22-,29-/m0/s1. The van der Waals surface area contributed by atoms with E-state index in [9.17, 15) is 13.2 Å². The molecule has 6 rings (SSSR count). The van der Waals surface area contributed by atoms with Crippen LogP contribution in [0.2, 0.25) is 0 Å². The van der Waals surface area contributed by atoms with E-state index in [1.54, 1.807) is 31.5 Å². The Morgan fingerprint density at radius 3 is 2.60 bits per heavy atom. The van der Waals surface area contributed by atoms with Gasteiger partial charge in [-0.25, -0.2) is 15.0 Å². The molecule has 9 nitrogen and oxygen atoms in total. The Hall–Kier alpha value is -4.16. The number of methoxy groups -OCH3 is 2. The molecular formula is C33H38F3N7O2. The monoisotopic (exact) mass is 621 g/mol. The Labute approximate surface area is 259 Å². The molecule has 0 spiro atoms. The molecule has 1 aliphatic rings. The molecule has 0 unspecified atom stereocenters. The van der Waals surface area contributed by atoms with Gasteiger partial charge in [-0.1, -0.05) is 32.0 Å². The van der Waals surface area contributed by atoms with Crippen LogP contribution in [0.3, 0.4) is 0 Å². The van der Waals surface area contributed by atoms with Crippen LogP contribution in [0, 0.1) is 5.92 Å². The fourth-order valence-electron chi connectivity index (χ4n) is 6.14. The maximum Gasteiger partial charge on any atom is 0.449 e. The number of ether oxygens (including phenoxy) is 2. The van der Waals surface area contributed by atoms with Gasteiger partial charge < -0.3 is 24.3 Å². The number of hydrogen-bond acceptors (Lipinski definition) is 7. The molecule has 5 aromatic rings. The van der Waals surface area contributed by atoms with Crippen molar-refractivity contribution in [3.05, 3.63) is 66.4 Å². The number of nitrogens with zero attached hydrogens (tertiary/aromatic N) is 5. The number of imidazole rings is 2. The zero-order valence-electron chi connectivity index (χ0n) is 25.9. The number of hydrogen-bond donors (Lipinski definition) is 2. The van der Waals surface area contributed by atoms with Crippen LogP contribution in [0.5, 0.6) is 11.6 Å². The van der Waals surface area contributed by atoms with Crippen molar-refractivity contribution in [1.82, 2.24) is 34.7 Å². The van der Waals surface area contributed by atoms with Crippen LogP contribution >= 0.6 is 0 Å². The summed E-state index contributed by atoms with van der Waals surface area (Å²) in [5.41, 5.74) is 3.07. The highest BCUT2D eigenvalue weighted by Gasteiger charge is 2.38. The van der Waals surface area contributed by atoms with Crippen molar-refractivity contribution >= 4 is 21.9 Å². The molecule has 12 heteroatoms. The summed E-state index contributed by atoms with van der Waals surface area (Å²) in [6.45, 7) is 6.42.